The molecule has 0 saturated carbocycles. The summed E-state index contributed by atoms with van der Waals surface area (Å²) in [5.41, 5.74) is 1.78. The molecule has 122 valence electrons. The summed E-state index contributed by atoms with van der Waals surface area (Å²) in [6.07, 6.45) is 5.50. The Labute approximate surface area is 136 Å². The fourth-order valence-electron chi connectivity index (χ4n) is 1.89. The predicted octanol–water partition coefficient (Wildman–Crippen LogP) is 3.42. The third kappa shape index (κ3) is 6.48. The van der Waals surface area contributed by atoms with Crippen molar-refractivity contribution in [2.45, 2.75) is 26.4 Å². The standard InChI is InChI=1S/C18H22N2O3/c1-2-3-12-22-14-18(21)20-16-4-6-17(7-5-16)23-13-15-8-10-19-11-9-15/h4-11H,2-3,12-14H2,1H3,(H,20,21). The Balaban J connectivity index is 1.74. The molecule has 1 amide bonds. The number of nitrogens with zero attached hydrogens (tertiary/aromatic N) is 1. The lowest BCUT2D eigenvalue weighted by Crippen LogP contribution is -2.18. The number of unbranched alkanes of at least 4 members (excludes halogenated alkanes) is 1. The predicted molar refractivity (Wildman–Crippen MR) is 89.4 cm³/mol. The van der Waals surface area contributed by atoms with Crippen molar-refractivity contribution < 1.29 is 14.3 Å². The van der Waals surface area contributed by atoms with E-state index in [0.717, 1.165) is 29.8 Å². The van der Waals surface area contributed by atoms with Gasteiger partial charge in [-0.05, 0) is 48.4 Å². The average Bonchev–Trinajstić information content (AvgIpc) is 2.59. The van der Waals surface area contributed by atoms with E-state index < -0.39 is 0 Å². The van der Waals surface area contributed by atoms with E-state index in [1.165, 1.54) is 0 Å². The van der Waals surface area contributed by atoms with Gasteiger partial charge >= 0.3 is 0 Å². The van der Waals surface area contributed by atoms with Crippen molar-refractivity contribution in [3.8, 4) is 5.75 Å². The second kappa shape index (κ2) is 9.58. The molecule has 2 rings (SSSR count). The van der Waals surface area contributed by atoms with Crippen LogP contribution in [0.15, 0.2) is 48.8 Å². The molecule has 1 N–H and O–H groups in total. The van der Waals surface area contributed by atoms with Gasteiger partial charge in [0.2, 0.25) is 5.91 Å². The quantitative estimate of drug-likeness (QED) is 0.721. The van der Waals surface area contributed by atoms with Crippen LogP contribution in [0.25, 0.3) is 0 Å². The summed E-state index contributed by atoms with van der Waals surface area (Å²) in [7, 11) is 0. The van der Waals surface area contributed by atoms with E-state index >= 15 is 0 Å². The molecule has 5 heteroatoms. The third-order valence-electron chi connectivity index (χ3n) is 3.17. The summed E-state index contributed by atoms with van der Waals surface area (Å²) in [6, 6.07) is 11.1. The number of anilines is 1. The number of benzene rings is 1. The van der Waals surface area contributed by atoms with E-state index in [9.17, 15) is 4.79 Å². The molecular formula is C18H22N2O3. The van der Waals surface area contributed by atoms with Crippen molar-refractivity contribution in [2.24, 2.45) is 0 Å². The molecule has 0 radical (unpaired) electrons. The molecule has 2 aromatic rings. The van der Waals surface area contributed by atoms with Gasteiger partial charge in [0.05, 0.1) is 0 Å². The number of ether oxygens (including phenoxy) is 2. The van der Waals surface area contributed by atoms with Gasteiger partial charge in [-0.2, -0.15) is 0 Å². The summed E-state index contributed by atoms with van der Waals surface area (Å²) in [4.78, 5) is 15.7. The number of carbonyl (C=O) groups is 1. The third-order valence-corrected chi connectivity index (χ3v) is 3.17. The van der Waals surface area contributed by atoms with Crippen molar-refractivity contribution >= 4 is 11.6 Å². The fourth-order valence-corrected chi connectivity index (χ4v) is 1.89. The van der Waals surface area contributed by atoms with Gasteiger partial charge in [0.1, 0.15) is 19.0 Å². The van der Waals surface area contributed by atoms with E-state index in [2.05, 4.69) is 17.2 Å². The number of hydrogen-bond acceptors (Lipinski definition) is 4. The number of hydrogen-bond donors (Lipinski definition) is 1. The van der Waals surface area contributed by atoms with Gasteiger partial charge in [0, 0.05) is 24.7 Å². The maximum absolute atomic E-state index is 11.7. The summed E-state index contributed by atoms with van der Waals surface area (Å²) in [5, 5.41) is 2.79. The first kappa shape index (κ1) is 17.0. The van der Waals surface area contributed by atoms with E-state index in [1.807, 2.05) is 36.4 Å². The Kier molecular flexibility index (Phi) is 7.07. The molecule has 0 saturated heterocycles. The Hall–Kier alpha value is -2.40. The first-order chi connectivity index (χ1) is 11.3. The van der Waals surface area contributed by atoms with E-state index in [0.29, 0.717) is 13.2 Å². The fraction of sp³-hybridized carbons (Fsp3) is 0.333. The smallest absolute Gasteiger partial charge is 0.250 e. The zero-order chi connectivity index (χ0) is 16.3. The molecule has 0 unspecified atom stereocenters. The molecule has 0 aliphatic carbocycles. The van der Waals surface area contributed by atoms with Crippen LogP contribution in [0.4, 0.5) is 5.69 Å². The molecule has 1 aromatic heterocycles. The number of pyridine rings is 1. The maximum Gasteiger partial charge on any atom is 0.250 e. The second-order valence-electron chi connectivity index (χ2n) is 5.12. The van der Waals surface area contributed by atoms with Gasteiger partial charge in [-0.1, -0.05) is 13.3 Å². The molecule has 0 atom stereocenters. The Morgan fingerprint density at radius 1 is 1.13 bits per heavy atom. The van der Waals surface area contributed by atoms with Crippen LogP contribution in [-0.4, -0.2) is 24.1 Å². The van der Waals surface area contributed by atoms with Crippen LogP contribution >= 0.6 is 0 Å². The van der Waals surface area contributed by atoms with E-state index in [4.69, 9.17) is 9.47 Å². The van der Waals surface area contributed by atoms with Gasteiger partial charge in [-0.3, -0.25) is 9.78 Å². The molecule has 1 aromatic carbocycles. The second-order valence-corrected chi connectivity index (χ2v) is 5.12. The first-order valence-electron chi connectivity index (χ1n) is 7.77. The van der Waals surface area contributed by atoms with Crippen molar-refractivity contribution in [1.82, 2.24) is 4.98 Å². The van der Waals surface area contributed by atoms with Gasteiger partial charge in [0.15, 0.2) is 0 Å². The largest absolute Gasteiger partial charge is 0.489 e. The van der Waals surface area contributed by atoms with Gasteiger partial charge in [-0.25, -0.2) is 0 Å². The Morgan fingerprint density at radius 3 is 2.57 bits per heavy atom. The Bertz CT molecular complexity index is 585. The number of nitrogens with one attached hydrogen (secondary N) is 1. The number of rotatable bonds is 9. The highest BCUT2D eigenvalue weighted by Gasteiger charge is 2.03. The molecule has 0 bridgehead atoms. The molecule has 5 nitrogen and oxygen atoms in total. The van der Waals surface area contributed by atoms with Crippen LogP contribution in [-0.2, 0) is 16.1 Å². The van der Waals surface area contributed by atoms with Crippen LogP contribution in [0.2, 0.25) is 0 Å². The minimum atomic E-state index is -0.147. The van der Waals surface area contributed by atoms with Crippen LogP contribution in [0.3, 0.4) is 0 Å². The SMILES string of the molecule is CCCCOCC(=O)Nc1ccc(OCc2ccncc2)cc1. The van der Waals surface area contributed by atoms with E-state index in [-0.39, 0.29) is 12.5 Å². The lowest BCUT2D eigenvalue weighted by Gasteiger charge is -2.08. The minimum absolute atomic E-state index is 0.0836. The number of aromatic nitrogens is 1. The normalized spacial score (nSPS) is 10.3. The highest BCUT2D eigenvalue weighted by atomic mass is 16.5. The van der Waals surface area contributed by atoms with Crippen molar-refractivity contribution in [3.63, 3.8) is 0 Å². The molecule has 23 heavy (non-hydrogen) atoms. The van der Waals surface area contributed by atoms with Gasteiger partial charge in [0.25, 0.3) is 0 Å². The summed E-state index contributed by atoms with van der Waals surface area (Å²) in [5.74, 6) is 0.602. The summed E-state index contributed by atoms with van der Waals surface area (Å²) in [6.45, 7) is 3.27. The van der Waals surface area contributed by atoms with Gasteiger partial charge in [-0.15, -0.1) is 0 Å². The zero-order valence-electron chi connectivity index (χ0n) is 13.3. The zero-order valence-corrected chi connectivity index (χ0v) is 13.3. The molecule has 1 heterocycles. The van der Waals surface area contributed by atoms with Crippen LogP contribution in [0, 0.1) is 0 Å². The highest BCUT2D eigenvalue weighted by Crippen LogP contribution is 2.17. The lowest BCUT2D eigenvalue weighted by atomic mass is 10.3. The molecule has 0 spiro atoms. The van der Waals surface area contributed by atoms with Crippen LogP contribution in [0.1, 0.15) is 25.3 Å². The first-order valence-corrected chi connectivity index (χ1v) is 7.77. The van der Waals surface area contributed by atoms with Crippen LogP contribution < -0.4 is 10.1 Å². The van der Waals surface area contributed by atoms with Crippen molar-refractivity contribution in [1.29, 1.82) is 0 Å². The van der Waals surface area contributed by atoms with E-state index in [1.54, 1.807) is 12.4 Å². The summed E-state index contributed by atoms with van der Waals surface area (Å²) < 4.78 is 11.0. The minimum Gasteiger partial charge on any atom is -0.489 e. The monoisotopic (exact) mass is 314 g/mol. The molecule has 0 aliphatic heterocycles. The number of amides is 1. The number of carbonyl (C=O) groups excluding carboxylic acids is 1. The molecular weight excluding hydrogens is 292 g/mol. The van der Waals surface area contributed by atoms with Gasteiger partial charge < -0.3 is 14.8 Å². The maximum atomic E-state index is 11.7. The summed E-state index contributed by atoms with van der Waals surface area (Å²) >= 11 is 0. The van der Waals surface area contributed by atoms with Crippen LogP contribution in [0.5, 0.6) is 5.75 Å². The van der Waals surface area contributed by atoms with Crippen molar-refractivity contribution in [3.05, 3.63) is 54.4 Å². The molecule has 0 fully saturated rings. The molecule has 0 aliphatic rings. The lowest BCUT2D eigenvalue weighted by molar-refractivity contribution is -0.120. The van der Waals surface area contributed by atoms with Crippen molar-refractivity contribution in [2.75, 3.05) is 18.5 Å². The topological polar surface area (TPSA) is 60.5 Å². The Morgan fingerprint density at radius 2 is 1.87 bits per heavy atom. The average molecular weight is 314 g/mol. The highest BCUT2D eigenvalue weighted by molar-refractivity contribution is 5.91.